The molecule has 3 aliphatic rings. The van der Waals surface area contributed by atoms with E-state index in [2.05, 4.69) is 45.4 Å². The van der Waals surface area contributed by atoms with Gasteiger partial charge in [0.1, 0.15) is 41.7 Å². The molecule has 12 nitrogen and oxygen atoms in total. The first kappa shape index (κ1) is 35.1. The van der Waals surface area contributed by atoms with Crippen LogP contribution in [0.4, 0.5) is 0 Å². The SMILES string of the molecule is CC(C)C[C@H]1COc2ccc(cc2)C[C@H](NC(=O)c2ccccn2)C(=O)N[C@H](C)C(=O)NC2(CC2)C(=O)N[C@H](Cc2ccccc2)C(=O)N1. The molecule has 2 aliphatic heterocycles. The highest BCUT2D eigenvalue weighted by Crippen LogP contribution is 2.36. The van der Waals surface area contributed by atoms with Gasteiger partial charge in [-0.3, -0.25) is 29.0 Å². The summed E-state index contributed by atoms with van der Waals surface area (Å²) in [5, 5.41) is 14.3. The third kappa shape index (κ3) is 9.65. The summed E-state index contributed by atoms with van der Waals surface area (Å²) in [6, 6.07) is 18.1. The maximum Gasteiger partial charge on any atom is 0.270 e. The third-order valence-corrected chi connectivity index (χ3v) is 8.64. The van der Waals surface area contributed by atoms with Crippen LogP contribution < -0.4 is 31.3 Å². The number of pyridine rings is 1. The van der Waals surface area contributed by atoms with Crippen molar-refractivity contribution in [2.24, 2.45) is 5.92 Å². The van der Waals surface area contributed by atoms with Gasteiger partial charge in [-0.1, -0.05) is 62.4 Å². The first-order valence-corrected chi connectivity index (χ1v) is 16.7. The summed E-state index contributed by atoms with van der Waals surface area (Å²) in [4.78, 5) is 71.5. The van der Waals surface area contributed by atoms with Crippen LogP contribution in [0.2, 0.25) is 0 Å². The van der Waals surface area contributed by atoms with Gasteiger partial charge < -0.3 is 31.3 Å². The molecule has 3 aromatic rings. The molecule has 1 fully saturated rings. The van der Waals surface area contributed by atoms with E-state index in [0.29, 0.717) is 25.0 Å². The molecule has 258 valence electrons. The molecule has 1 spiro atoms. The molecule has 1 aliphatic carbocycles. The predicted molar refractivity (Wildman–Crippen MR) is 182 cm³/mol. The van der Waals surface area contributed by atoms with E-state index in [9.17, 15) is 24.0 Å². The number of amides is 5. The van der Waals surface area contributed by atoms with Gasteiger partial charge in [-0.2, -0.15) is 0 Å². The van der Waals surface area contributed by atoms with Crippen molar-refractivity contribution in [3.63, 3.8) is 0 Å². The zero-order chi connectivity index (χ0) is 35.0. The van der Waals surface area contributed by atoms with Crippen molar-refractivity contribution >= 4 is 29.5 Å². The quantitative estimate of drug-likeness (QED) is 0.251. The van der Waals surface area contributed by atoms with E-state index in [1.54, 1.807) is 42.5 Å². The van der Waals surface area contributed by atoms with Gasteiger partial charge in [-0.25, -0.2) is 0 Å². The molecule has 0 saturated heterocycles. The van der Waals surface area contributed by atoms with Crippen molar-refractivity contribution in [2.45, 2.75) is 82.6 Å². The van der Waals surface area contributed by atoms with Crippen molar-refractivity contribution in [3.05, 3.63) is 95.8 Å². The number of carbonyl (C=O) groups excluding carboxylic acids is 5. The van der Waals surface area contributed by atoms with Crippen LogP contribution in [0.5, 0.6) is 5.75 Å². The Balaban J connectivity index is 1.42. The average molecular weight is 669 g/mol. The molecule has 0 unspecified atom stereocenters. The van der Waals surface area contributed by atoms with E-state index >= 15 is 0 Å². The fourth-order valence-electron chi connectivity index (χ4n) is 5.75. The van der Waals surface area contributed by atoms with Gasteiger partial charge in [0, 0.05) is 19.0 Å². The Bertz CT molecular complexity index is 1630. The Morgan fingerprint density at radius 3 is 2.27 bits per heavy atom. The number of aromatic nitrogens is 1. The third-order valence-electron chi connectivity index (χ3n) is 8.64. The van der Waals surface area contributed by atoms with Crippen molar-refractivity contribution in [3.8, 4) is 5.75 Å². The first-order valence-electron chi connectivity index (χ1n) is 16.7. The Labute approximate surface area is 286 Å². The van der Waals surface area contributed by atoms with Crippen molar-refractivity contribution in [2.75, 3.05) is 6.61 Å². The Hall–Kier alpha value is -5.26. The van der Waals surface area contributed by atoms with Gasteiger partial charge >= 0.3 is 0 Å². The molecule has 2 aromatic carbocycles. The van der Waals surface area contributed by atoms with E-state index < -0.39 is 47.3 Å². The number of benzene rings is 2. The molecule has 5 N–H and O–H groups in total. The summed E-state index contributed by atoms with van der Waals surface area (Å²) >= 11 is 0. The highest BCUT2D eigenvalue weighted by Gasteiger charge is 2.52. The molecule has 3 heterocycles. The molecule has 1 aromatic heterocycles. The average Bonchev–Trinajstić information content (AvgIpc) is 3.87. The molecule has 4 atom stereocenters. The largest absolute Gasteiger partial charge is 0.491 e. The van der Waals surface area contributed by atoms with E-state index in [-0.39, 0.29) is 43.0 Å². The van der Waals surface area contributed by atoms with Gasteiger partial charge in [0.05, 0.1) is 6.04 Å². The van der Waals surface area contributed by atoms with Crippen LogP contribution in [0.1, 0.15) is 61.6 Å². The lowest BCUT2D eigenvalue weighted by molar-refractivity contribution is -0.134. The van der Waals surface area contributed by atoms with Crippen LogP contribution in [-0.4, -0.2) is 70.8 Å². The number of fused-ring (bicyclic) bond motifs is 15. The van der Waals surface area contributed by atoms with Gasteiger partial charge in [0.2, 0.25) is 23.6 Å². The highest BCUT2D eigenvalue weighted by atomic mass is 16.5. The van der Waals surface area contributed by atoms with Gasteiger partial charge in [-0.15, -0.1) is 0 Å². The number of ether oxygens (including phenoxy) is 1. The van der Waals surface area contributed by atoms with Crippen LogP contribution >= 0.6 is 0 Å². The lowest BCUT2D eigenvalue weighted by Gasteiger charge is -2.27. The zero-order valence-electron chi connectivity index (χ0n) is 28.0. The van der Waals surface area contributed by atoms with Crippen LogP contribution in [0.25, 0.3) is 0 Å². The summed E-state index contributed by atoms with van der Waals surface area (Å²) in [6.45, 7) is 5.82. The summed E-state index contributed by atoms with van der Waals surface area (Å²) in [5.74, 6) is -1.68. The maximum atomic E-state index is 13.8. The summed E-state index contributed by atoms with van der Waals surface area (Å²) < 4.78 is 6.11. The molecule has 5 amide bonds. The lowest BCUT2D eigenvalue weighted by atomic mass is 10.0. The van der Waals surface area contributed by atoms with Crippen LogP contribution in [0.15, 0.2) is 79.0 Å². The lowest BCUT2D eigenvalue weighted by Crippen LogP contribution is -2.59. The molecule has 2 bridgehead atoms. The summed E-state index contributed by atoms with van der Waals surface area (Å²) in [6.07, 6.45) is 3.26. The summed E-state index contributed by atoms with van der Waals surface area (Å²) in [5.41, 5.74) is 0.542. The minimum atomic E-state index is -1.21. The predicted octanol–water partition coefficient (Wildman–Crippen LogP) is 2.23. The van der Waals surface area contributed by atoms with E-state index in [0.717, 1.165) is 11.1 Å². The van der Waals surface area contributed by atoms with E-state index in [1.807, 2.05) is 30.3 Å². The minimum Gasteiger partial charge on any atom is -0.491 e. The van der Waals surface area contributed by atoms with Crippen LogP contribution in [-0.2, 0) is 32.0 Å². The first-order chi connectivity index (χ1) is 23.5. The Morgan fingerprint density at radius 1 is 0.898 bits per heavy atom. The molecule has 12 heteroatoms. The number of hydrogen-bond acceptors (Lipinski definition) is 7. The Kier molecular flexibility index (Phi) is 11.3. The number of rotatable bonds is 6. The topological polar surface area (TPSA) is 168 Å². The molecule has 49 heavy (non-hydrogen) atoms. The Morgan fingerprint density at radius 2 is 1.61 bits per heavy atom. The number of carbonyl (C=O) groups is 5. The fourth-order valence-corrected chi connectivity index (χ4v) is 5.75. The molecular weight excluding hydrogens is 624 g/mol. The van der Waals surface area contributed by atoms with Gasteiger partial charge in [0.25, 0.3) is 5.91 Å². The second-order valence-corrected chi connectivity index (χ2v) is 13.3. The van der Waals surface area contributed by atoms with E-state index in [1.165, 1.54) is 13.1 Å². The number of hydrogen-bond donors (Lipinski definition) is 5. The van der Waals surface area contributed by atoms with Crippen molar-refractivity contribution < 1.29 is 28.7 Å². The molecule has 6 rings (SSSR count). The summed E-state index contributed by atoms with van der Waals surface area (Å²) in [7, 11) is 0. The second kappa shape index (κ2) is 15.8. The fraction of sp³-hybridized carbons (Fsp3) is 0.405. The van der Waals surface area contributed by atoms with E-state index in [4.69, 9.17) is 4.74 Å². The maximum absolute atomic E-state index is 13.8. The number of nitrogens with zero attached hydrogens (tertiary/aromatic N) is 1. The molecule has 1 saturated carbocycles. The molecular formula is C37H44N6O6. The molecule has 0 radical (unpaired) electrons. The highest BCUT2D eigenvalue weighted by molar-refractivity contribution is 6.00. The monoisotopic (exact) mass is 668 g/mol. The normalized spacial score (nSPS) is 23.0. The minimum absolute atomic E-state index is 0.125. The van der Waals surface area contributed by atoms with Gasteiger partial charge in [-0.05, 0) is 67.5 Å². The van der Waals surface area contributed by atoms with Crippen LogP contribution in [0.3, 0.4) is 0 Å². The van der Waals surface area contributed by atoms with Crippen molar-refractivity contribution in [1.29, 1.82) is 0 Å². The second-order valence-electron chi connectivity index (χ2n) is 13.3. The number of nitrogens with one attached hydrogen (secondary N) is 5. The zero-order valence-corrected chi connectivity index (χ0v) is 28.0. The smallest absolute Gasteiger partial charge is 0.270 e. The standard InChI is InChI=1S/C37H44N6O6/c1-23(2)19-27-22-49-28-14-12-26(13-15-28)21-30(41-33(45)29-11-7-8-18-38-29)34(46)39-24(3)32(44)43-37(16-17-37)36(48)42-31(35(47)40-27)20-25-9-5-4-6-10-25/h4-15,18,23-24,27,30-31H,16-17,19-22H2,1-3H3,(H,39,46)(H,40,47)(H,41,45)(H,42,48)(H,43,44)/t24-,27+,30+,31-/m1/s1. The van der Waals surface area contributed by atoms with Gasteiger partial charge in [0.15, 0.2) is 0 Å². The van der Waals surface area contributed by atoms with Crippen LogP contribution in [0, 0.1) is 5.92 Å². The van der Waals surface area contributed by atoms with Crippen molar-refractivity contribution in [1.82, 2.24) is 31.6 Å².